The van der Waals surface area contributed by atoms with Crippen molar-refractivity contribution in [3.05, 3.63) is 16.6 Å². The summed E-state index contributed by atoms with van der Waals surface area (Å²) in [5.74, 6) is -0.551. The zero-order valence-electron chi connectivity index (χ0n) is 10.9. The fourth-order valence-electron chi connectivity index (χ4n) is 2.15. The summed E-state index contributed by atoms with van der Waals surface area (Å²) in [5, 5.41) is 14.4. The van der Waals surface area contributed by atoms with Gasteiger partial charge < -0.3 is 5.11 Å². The van der Waals surface area contributed by atoms with Gasteiger partial charge in [-0.3, -0.25) is 4.68 Å². The summed E-state index contributed by atoms with van der Waals surface area (Å²) in [5.41, 5.74) is 0.914. The van der Waals surface area contributed by atoms with Gasteiger partial charge in [-0.1, -0.05) is 0 Å². The molecule has 0 amide bonds. The molecule has 8 heteroatoms. The highest BCUT2D eigenvalue weighted by atomic mass is 32.2. The lowest BCUT2D eigenvalue weighted by Gasteiger charge is -2.00. The number of aryl methyl sites for hydroxylation is 1. The maximum absolute atomic E-state index is 11.3. The van der Waals surface area contributed by atoms with Crippen molar-refractivity contribution >= 4 is 37.4 Å². The molecule has 1 N–H and O–H groups in total. The molecule has 108 valence electrons. The Hall–Kier alpha value is -1.41. The Balaban J connectivity index is 2.04. The minimum Gasteiger partial charge on any atom is -0.477 e. The second-order valence-corrected chi connectivity index (χ2v) is 8.44. The Labute approximate surface area is 119 Å². The minimum absolute atomic E-state index is 0.00813. The van der Waals surface area contributed by atoms with Crippen LogP contribution >= 0.6 is 11.3 Å². The normalized spacial score (nSPS) is 15.8. The molecule has 0 aromatic carbocycles. The maximum atomic E-state index is 11.3. The van der Waals surface area contributed by atoms with Gasteiger partial charge in [0, 0.05) is 17.6 Å². The number of sulfone groups is 1. The van der Waals surface area contributed by atoms with Crippen LogP contribution in [0.4, 0.5) is 0 Å². The zero-order chi connectivity index (χ0) is 14.5. The largest absolute Gasteiger partial charge is 0.477 e. The lowest BCUT2D eigenvalue weighted by molar-refractivity contribution is 0.0702. The highest BCUT2D eigenvalue weighted by Gasteiger charge is 2.30. The van der Waals surface area contributed by atoms with Crippen LogP contribution in [0.25, 0.3) is 10.2 Å². The zero-order valence-corrected chi connectivity index (χ0v) is 12.5. The second kappa shape index (κ2) is 4.56. The fraction of sp³-hybridized carbons (Fsp3) is 0.500. The standard InChI is InChI=1S/C12H14N2O4S2/c1-20(17,18)5-4-14-11-8(6-9(19-11)12(15)16)10(13-14)7-2-3-7/h6-7H,2-5H2,1H3,(H,15,16). The van der Waals surface area contributed by atoms with E-state index in [0.29, 0.717) is 5.92 Å². The summed E-state index contributed by atoms with van der Waals surface area (Å²) >= 11 is 1.15. The van der Waals surface area contributed by atoms with Crippen LogP contribution in [0, 0.1) is 0 Å². The molecule has 2 aromatic rings. The van der Waals surface area contributed by atoms with Crippen LogP contribution in [-0.2, 0) is 16.4 Å². The number of nitrogens with zero attached hydrogens (tertiary/aromatic N) is 2. The summed E-state index contributed by atoms with van der Waals surface area (Å²) in [6, 6.07) is 1.65. The van der Waals surface area contributed by atoms with Crippen molar-refractivity contribution in [2.75, 3.05) is 12.0 Å². The summed E-state index contributed by atoms with van der Waals surface area (Å²) in [4.78, 5) is 12.1. The number of hydrogen-bond donors (Lipinski definition) is 1. The molecule has 1 fully saturated rings. The Kier molecular flexibility index (Phi) is 3.09. The third kappa shape index (κ3) is 2.57. The molecular weight excluding hydrogens is 300 g/mol. The third-order valence-electron chi connectivity index (χ3n) is 3.30. The van der Waals surface area contributed by atoms with E-state index < -0.39 is 15.8 Å². The molecule has 2 aromatic heterocycles. The van der Waals surface area contributed by atoms with Gasteiger partial charge in [-0.25, -0.2) is 13.2 Å². The van der Waals surface area contributed by atoms with E-state index in [9.17, 15) is 13.2 Å². The van der Waals surface area contributed by atoms with Gasteiger partial charge in [0.2, 0.25) is 0 Å². The number of carbonyl (C=O) groups is 1. The molecule has 0 spiro atoms. The second-order valence-electron chi connectivity index (χ2n) is 5.15. The summed E-state index contributed by atoms with van der Waals surface area (Å²) < 4.78 is 24.2. The monoisotopic (exact) mass is 314 g/mol. The first kappa shape index (κ1) is 13.6. The lowest BCUT2D eigenvalue weighted by atomic mass is 10.2. The number of aromatic carboxylic acids is 1. The van der Waals surface area contributed by atoms with E-state index in [1.165, 1.54) is 6.26 Å². The predicted octanol–water partition coefficient (Wildman–Crippen LogP) is 1.72. The Morgan fingerprint density at radius 2 is 2.25 bits per heavy atom. The number of thiophene rings is 1. The van der Waals surface area contributed by atoms with Crippen molar-refractivity contribution in [2.45, 2.75) is 25.3 Å². The predicted molar refractivity (Wildman–Crippen MR) is 76.3 cm³/mol. The number of fused-ring (bicyclic) bond motifs is 1. The Morgan fingerprint density at radius 1 is 1.55 bits per heavy atom. The first-order chi connectivity index (χ1) is 9.35. The summed E-state index contributed by atoms with van der Waals surface area (Å²) in [6.07, 6.45) is 3.32. The highest BCUT2D eigenvalue weighted by Crippen LogP contribution is 2.44. The van der Waals surface area contributed by atoms with Crippen LogP contribution in [-0.4, -0.2) is 41.3 Å². The third-order valence-corrected chi connectivity index (χ3v) is 5.36. The smallest absolute Gasteiger partial charge is 0.345 e. The van der Waals surface area contributed by atoms with E-state index in [-0.39, 0.29) is 17.2 Å². The SMILES string of the molecule is CS(=O)(=O)CCn1nc(C2CC2)c2cc(C(=O)O)sc21. The molecule has 0 aliphatic heterocycles. The molecule has 0 unspecified atom stereocenters. The number of carboxylic acids is 1. The minimum atomic E-state index is -3.07. The van der Waals surface area contributed by atoms with E-state index in [1.807, 2.05) is 0 Å². The molecular formula is C12H14N2O4S2. The number of aromatic nitrogens is 2. The molecule has 0 saturated heterocycles. The van der Waals surface area contributed by atoms with Gasteiger partial charge in [-0.2, -0.15) is 5.10 Å². The maximum Gasteiger partial charge on any atom is 0.345 e. The topological polar surface area (TPSA) is 89.3 Å². The van der Waals surface area contributed by atoms with Gasteiger partial charge >= 0.3 is 5.97 Å². The van der Waals surface area contributed by atoms with Crippen LogP contribution in [0.3, 0.4) is 0 Å². The van der Waals surface area contributed by atoms with Gasteiger partial charge in [0.1, 0.15) is 19.5 Å². The van der Waals surface area contributed by atoms with Crippen molar-refractivity contribution in [3.8, 4) is 0 Å². The highest BCUT2D eigenvalue weighted by molar-refractivity contribution is 7.90. The molecule has 3 rings (SSSR count). The fourth-order valence-corrected chi connectivity index (χ4v) is 3.64. The molecule has 0 bridgehead atoms. The van der Waals surface area contributed by atoms with Crippen LogP contribution in [0.1, 0.15) is 34.1 Å². The number of hydrogen-bond acceptors (Lipinski definition) is 5. The van der Waals surface area contributed by atoms with E-state index in [1.54, 1.807) is 10.7 Å². The molecule has 2 heterocycles. The molecule has 0 atom stereocenters. The van der Waals surface area contributed by atoms with Crippen molar-refractivity contribution in [2.24, 2.45) is 0 Å². The number of rotatable bonds is 5. The van der Waals surface area contributed by atoms with Gasteiger partial charge in [0.25, 0.3) is 0 Å². The molecule has 1 saturated carbocycles. The van der Waals surface area contributed by atoms with Crippen LogP contribution in [0.2, 0.25) is 0 Å². The van der Waals surface area contributed by atoms with Gasteiger partial charge in [-0.15, -0.1) is 11.3 Å². The summed E-state index contributed by atoms with van der Waals surface area (Å²) in [6.45, 7) is 0.266. The van der Waals surface area contributed by atoms with Crippen molar-refractivity contribution in [3.63, 3.8) is 0 Å². The van der Waals surface area contributed by atoms with E-state index >= 15 is 0 Å². The quantitative estimate of drug-likeness (QED) is 0.907. The molecule has 20 heavy (non-hydrogen) atoms. The van der Waals surface area contributed by atoms with E-state index in [4.69, 9.17) is 5.11 Å². The molecule has 0 radical (unpaired) electrons. The van der Waals surface area contributed by atoms with Crippen molar-refractivity contribution < 1.29 is 18.3 Å². The summed E-state index contributed by atoms with van der Waals surface area (Å²) in [7, 11) is -3.07. The first-order valence-corrected chi connectivity index (χ1v) is 9.14. The lowest BCUT2D eigenvalue weighted by Crippen LogP contribution is -2.12. The first-order valence-electron chi connectivity index (χ1n) is 6.26. The van der Waals surface area contributed by atoms with Crippen LogP contribution in [0.15, 0.2) is 6.07 Å². The van der Waals surface area contributed by atoms with E-state index in [2.05, 4.69) is 5.10 Å². The Bertz CT molecular complexity index is 784. The van der Waals surface area contributed by atoms with Crippen molar-refractivity contribution in [1.82, 2.24) is 9.78 Å². The van der Waals surface area contributed by atoms with Crippen molar-refractivity contribution in [1.29, 1.82) is 0 Å². The van der Waals surface area contributed by atoms with Crippen LogP contribution in [0.5, 0.6) is 0 Å². The molecule has 1 aliphatic rings. The molecule has 6 nitrogen and oxygen atoms in total. The average Bonchev–Trinajstić information content (AvgIpc) is 2.97. The number of carboxylic acid groups (broad SMARTS) is 1. The van der Waals surface area contributed by atoms with Gasteiger partial charge in [-0.05, 0) is 18.9 Å². The van der Waals surface area contributed by atoms with Crippen LogP contribution < -0.4 is 0 Å². The Morgan fingerprint density at radius 3 is 2.80 bits per heavy atom. The average molecular weight is 314 g/mol. The van der Waals surface area contributed by atoms with E-state index in [0.717, 1.165) is 40.1 Å². The van der Waals surface area contributed by atoms with Gasteiger partial charge in [0.05, 0.1) is 18.0 Å². The molecule has 1 aliphatic carbocycles. The van der Waals surface area contributed by atoms with Gasteiger partial charge in [0.15, 0.2) is 0 Å².